The highest BCUT2D eigenvalue weighted by atomic mass is 32.2. The summed E-state index contributed by atoms with van der Waals surface area (Å²) in [6, 6.07) is 0. The van der Waals surface area contributed by atoms with Crippen molar-refractivity contribution in [1.82, 2.24) is 50.2 Å². The van der Waals surface area contributed by atoms with Crippen LogP contribution in [-0.2, 0) is 6.54 Å². The number of aromatic nitrogens is 9. The largest absolute Gasteiger partial charge is 0.368 e. The van der Waals surface area contributed by atoms with Gasteiger partial charge >= 0.3 is 0 Å². The first-order chi connectivity index (χ1) is 20.0. The fourth-order valence-electron chi connectivity index (χ4n) is 3.10. The summed E-state index contributed by atoms with van der Waals surface area (Å²) >= 11 is 4.63. The van der Waals surface area contributed by atoms with Crippen molar-refractivity contribution in [1.29, 1.82) is 0 Å². The van der Waals surface area contributed by atoms with Gasteiger partial charge in [0.25, 0.3) is 0 Å². The summed E-state index contributed by atoms with van der Waals surface area (Å²) in [6.45, 7) is 10.0. The van der Waals surface area contributed by atoms with E-state index in [-0.39, 0.29) is 5.95 Å². The molecule has 0 saturated heterocycles. The lowest BCUT2D eigenvalue weighted by atomic mass is 10.5. The molecule has 41 heavy (non-hydrogen) atoms. The van der Waals surface area contributed by atoms with Gasteiger partial charge in [0.2, 0.25) is 29.7 Å². The maximum atomic E-state index is 5.78. The molecule has 0 amide bonds. The molecule has 224 valence electrons. The number of anilines is 5. The van der Waals surface area contributed by atoms with E-state index < -0.39 is 0 Å². The van der Waals surface area contributed by atoms with Gasteiger partial charge in [-0.25, -0.2) is 4.98 Å². The summed E-state index contributed by atoms with van der Waals surface area (Å²) < 4.78 is 0. The highest BCUT2D eigenvalue weighted by molar-refractivity contribution is 7.99. The molecule has 9 N–H and O–H groups in total. The molecule has 3 aromatic heterocycles. The Labute approximate surface area is 252 Å². The first-order valence-electron chi connectivity index (χ1n) is 13.3. The molecule has 0 atom stereocenters. The average molecular weight is 623 g/mol. The van der Waals surface area contributed by atoms with Crippen LogP contribution in [0.1, 0.15) is 26.6 Å². The van der Waals surface area contributed by atoms with Gasteiger partial charge in [-0.3, -0.25) is 0 Å². The monoisotopic (exact) mass is 622 g/mol. The second-order valence-corrected chi connectivity index (χ2v) is 11.6. The third-order valence-corrected chi connectivity index (χ3v) is 6.90. The number of nitrogens with zero attached hydrogens (tertiary/aromatic N) is 9. The van der Waals surface area contributed by atoms with Crippen LogP contribution in [0.2, 0.25) is 0 Å². The summed E-state index contributed by atoms with van der Waals surface area (Å²) in [4.78, 5) is 39.6. The zero-order chi connectivity index (χ0) is 29.3. The standard InChI is InChI=1S/C22H38N16S3/c1-4-39-20-31-14(13-25-9-10-27-17-32-15(24)33-21(36-17)40-5-2)30-16(35-20)28-11-12-29-19-34-18(26-8-7-23)37-22(38-19)41-6-3/h25H,4-13,23H2,1-3H3,(H,28,30,31,35)(H3,24,27,32,33,36)(H2,26,29,34,37,38). The highest BCUT2D eigenvalue weighted by Gasteiger charge is 2.09. The Hall–Kier alpha value is -3.00. The molecule has 3 aromatic rings. The van der Waals surface area contributed by atoms with Crippen molar-refractivity contribution in [2.45, 2.75) is 42.8 Å². The molecule has 0 spiro atoms. The molecule has 0 aliphatic rings. The van der Waals surface area contributed by atoms with Crippen molar-refractivity contribution in [3.63, 3.8) is 0 Å². The summed E-state index contributed by atoms with van der Waals surface area (Å²) in [6.07, 6.45) is 0. The van der Waals surface area contributed by atoms with Crippen LogP contribution in [0.25, 0.3) is 0 Å². The first-order valence-corrected chi connectivity index (χ1v) is 16.3. The van der Waals surface area contributed by atoms with E-state index in [0.29, 0.717) is 90.9 Å². The van der Waals surface area contributed by atoms with Gasteiger partial charge in [-0.15, -0.1) is 0 Å². The van der Waals surface area contributed by atoms with E-state index in [4.69, 9.17) is 11.5 Å². The van der Waals surface area contributed by atoms with Crippen molar-refractivity contribution < 1.29 is 0 Å². The number of nitrogen functional groups attached to an aromatic ring is 1. The first kappa shape index (κ1) is 32.5. The SMILES string of the molecule is CCSc1nc(N)nc(NCCNCc2nc(NCCNc3nc(NCCN)nc(SCC)n3)nc(SCC)n2)n1. The Morgan fingerprint density at radius 1 is 0.537 bits per heavy atom. The van der Waals surface area contributed by atoms with Crippen molar-refractivity contribution in [2.75, 3.05) is 83.5 Å². The van der Waals surface area contributed by atoms with E-state index in [2.05, 4.69) is 85.3 Å². The van der Waals surface area contributed by atoms with Crippen molar-refractivity contribution in [3.05, 3.63) is 5.82 Å². The Morgan fingerprint density at radius 3 is 1.56 bits per heavy atom. The van der Waals surface area contributed by atoms with Crippen LogP contribution in [0.15, 0.2) is 15.5 Å². The molecule has 0 aromatic carbocycles. The molecular weight excluding hydrogens is 585 g/mol. The smallest absolute Gasteiger partial charge is 0.228 e. The molecule has 3 heterocycles. The lowest BCUT2D eigenvalue weighted by molar-refractivity contribution is 0.657. The van der Waals surface area contributed by atoms with Crippen molar-refractivity contribution >= 4 is 65.0 Å². The summed E-state index contributed by atoms with van der Waals surface area (Å²) in [5.74, 6) is 5.38. The zero-order valence-corrected chi connectivity index (χ0v) is 25.9. The Morgan fingerprint density at radius 2 is 1.00 bits per heavy atom. The summed E-state index contributed by atoms with van der Waals surface area (Å²) in [5, 5.41) is 18.0. The van der Waals surface area contributed by atoms with E-state index in [1.54, 1.807) is 23.5 Å². The number of nitrogens with two attached hydrogens (primary N) is 2. The zero-order valence-electron chi connectivity index (χ0n) is 23.5. The highest BCUT2D eigenvalue weighted by Crippen LogP contribution is 2.17. The Kier molecular flexibility index (Phi) is 14.6. The van der Waals surface area contributed by atoms with Gasteiger partial charge in [0.1, 0.15) is 5.82 Å². The fourth-order valence-corrected chi connectivity index (χ4v) is 4.81. The normalized spacial score (nSPS) is 10.9. The number of nitrogens with one attached hydrogen (secondary N) is 5. The van der Waals surface area contributed by atoms with Crippen LogP contribution in [0.5, 0.6) is 0 Å². The number of hydrogen-bond acceptors (Lipinski definition) is 19. The molecule has 19 heteroatoms. The second kappa shape index (κ2) is 18.4. The number of hydrogen-bond donors (Lipinski definition) is 7. The van der Waals surface area contributed by atoms with E-state index in [1.807, 2.05) is 6.92 Å². The van der Waals surface area contributed by atoms with Crippen LogP contribution >= 0.6 is 35.3 Å². The van der Waals surface area contributed by atoms with Crippen LogP contribution in [-0.4, -0.2) is 101 Å². The van der Waals surface area contributed by atoms with Crippen molar-refractivity contribution in [2.24, 2.45) is 5.73 Å². The Bertz CT molecular complexity index is 1200. The molecule has 0 bridgehead atoms. The molecule has 0 aliphatic heterocycles. The molecule has 0 fully saturated rings. The summed E-state index contributed by atoms with van der Waals surface area (Å²) in [7, 11) is 0. The molecule has 3 rings (SSSR count). The minimum atomic E-state index is 0.200. The topological polar surface area (TPSA) is 228 Å². The second-order valence-electron chi connectivity index (χ2n) is 7.89. The van der Waals surface area contributed by atoms with Crippen LogP contribution in [0.4, 0.5) is 29.7 Å². The van der Waals surface area contributed by atoms with Gasteiger partial charge in [0.15, 0.2) is 15.5 Å². The van der Waals surface area contributed by atoms with E-state index >= 15 is 0 Å². The van der Waals surface area contributed by atoms with Gasteiger partial charge in [-0.1, -0.05) is 56.1 Å². The number of thioether (sulfide) groups is 3. The molecule has 0 radical (unpaired) electrons. The van der Waals surface area contributed by atoms with Crippen molar-refractivity contribution in [3.8, 4) is 0 Å². The van der Waals surface area contributed by atoms with Crippen LogP contribution in [0, 0.1) is 0 Å². The maximum absolute atomic E-state index is 5.78. The van der Waals surface area contributed by atoms with Gasteiger partial charge in [-0.2, -0.15) is 39.9 Å². The van der Waals surface area contributed by atoms with Gasteiger partial charge < -0.3 is 38.1 Å². The van der Waals surface area contributed by atoms with Crippen LogP contribution < -0.4 is 38.1 Å². The lowest BCUT2D eigenvalue weighted by Gasteiger charge is -2.11. The van der Waals surface area contributed by atoms with E-state index in [9.17, 15) is 0 Å². The molecule has 0 saturated carbocycles. The average Bonchev–Trinajstić information content (AvgIpc) is 2.94. The number of rotatable bonds is 20. The molecule has 16 nitrogen and oxygen atoms in total. The van der Waals surface area contributed by atoms with Gasteiger partial charge in [-0.05, 0) is 17.3 Å². The minimum absolute atomic E-state index is 0.200. The Balaban J connectivity index is 1.49. The van der Waals surface area contributed by atoms with E-state index in [0.717, 1.165) is 17.3 Å². The van der Waals surface area contributed by atoms with Crippen LogP contribution in [0.3, 0.4) is 0 Å². The quantitative estimate of drug-likeness (QED) is 0.0694. The van der Waals surface area contributed by atoms with E-state index in [1.165, 1.54) is 11.8 Å². The predicted octanol–water partition coefficient (Wildman–Crippen LogP) is 1.26. The van der Waals surface area contributed by atoms with Gasteiger partial charge in [0, 0.05) is 39.3 Å². The minimum Gasteiger partial charge on any atom is -0.368 e. The molecule has 0 unspecified atom stereocenters. The maximum Gasteiger partial charge on any atom is 0.228 e. The molecular formula is C22H38N16S3. The molecule has 0 aliphatic carbocycles. The lowest BCUT2D eigenvalue weighted by Crippen LogP contribution is -2.24. The van der Waals surface area contributed by atoms with Gasteiger partial charge in [0.05, 0.1) is 6.54 Å². The summed E-state index contributed by atoms with van der Waals surface area (Å²) in [5.41, 5.74) is 11.4. The predicted molar refractivity (Wildman–Crippen MR) is 168 cm³/mol. The fraction of sp³-hybridized carbons (Fsp3) is 0.591. The third kappa shape index (κ3) is 12.2. The third-order valence-electron chi connectivity index (χ3n) is 4.72.